The minimum atomic E-state index is -0.112. The second kappa shape index (κ2) is 7.84. The summed E-state index contributed by atoms with van der Waals surface area (Å²) in [7, 11) is 0. The summed E-state index contributed by atoms with van der Waals surface area (Å²) in [6.07, 6.45) is -0.0153. The normalized spacial score (nSPS) is 12.6. The maximum atomic E-state index is 9.36. The summed E-state index contributed by atoms with van der Waals surface area (Å²) in [5.74, 6) is 1.12. The zero-order valence-electron chi connectivity index (χ0n) is 12.8. The largest absolute Gasteiger partial charge is 0.461 e. The van der Waals surface area contributed by atoms with Crippen molar-refractivity contribution < 1.29 is 9.84 Å². The third kappa shape index (κ3) is 5.16. The smallest absolute Gasteiger partial charge is 0.323 e. The maximum Gasteiger partial charge on any atom is 0.323 e. The van der Waals surface area contributed by atoms with Gasteiger partial charge in [0.15, 0.2) is 0 Å². The van der Waals surface area contributed by atoms with E-state index in [1.807, 2.05) is 34.6 Å². The predicted molar refractivity (Wildman–Crippen MR) is 79.1 cm³/mol. The molecule has 0 radical (unpaired) electrons. The third-order valence-corrected chi connectivity index (χ3v) is 2.61. The Balaban J connectivity index is 2.95. The quantitative estimate of drug-likeness (QED) is 0.666. The third-order valence-electron chi connectivity index (χ3n) is 2.61. The topological polar surface area (TPSA) is 92.2 Å². The molecule has 1 rings (SSSR count). The molecule has 1 heterocycles. The second-order valence-corrected chi connectivity index (χ2v) is 5.14. The van der Waals surface area contributed by atoms with Crippen molar-refractivity contribution in [1.82, 2.24) is 15.0 Å². The Morgan fingerprint density at radius 2 is 1.75 bits per heavy atom. The van der Waals surface area contributed by atoms with Crippen molar-refractivity contribution in [2.75, 3.05) is 23.8 Å². The van der Waals surface area contributed by atoms with Gasteiger partial charge in [0.05, 0.1) is 18.8 Å². The molecule has 0 aliphatic rings. The average molecular weight is 283 g/mol. The van der Waals surface area contributed by atoms with Crippen LogP contribution in [0.4, 0.5) is 11.9 Å². The first-order valence-corrected chi connectivity index (χ1v) is 7.00. The Kier molecular flexibility index (Phi) is 6.44. The Morgan fingerprint density at radius 3 is 2.25 bits per heavy atom. The van der Waals surface area contributed by atoms with Crippen molar-refractivity contribution in [1.29, 1.82) is 0 Å². The van der Waals surface area contributed by atoms with E-state index in [4.69, 9.17) is 4.74 Å². The zero-order valence-corrected chi connectivity index (χ0v) is 12.8. The monoisotopic (exact) mass is 283 g/mol. The van der Waals surface area contributed by atoms with Gasteiger partial charge in [0.2, 0.25) is 11.9 Å². The van der Waals surface area contributed by atoms with Gasteiger partial charge in [-0.05, 0) is 26.7 Å². The number of aliphatic hydroxyl groups is 1. The van der Waals surface area contributed by atoms with Crippen LogP contribution in [0.3, 0.4) is 0 Å². The summed E-state index contributed by atoms with van der Waals surface area (Å²) in [5.41, 5.74) is 0. The zero-order chi connectivity index (χ0) is 15.1. The Hall–Kier alpha value is -1.63. The van der Waals surface area contributed by atoms with Crippen LogP contribution in [-0.2, 0) is 0 Å². The molecular weight excluding hydrogens is 258 g/mol. The number of aromatic nitrogens is 3. The van der Waals surface area contributed by atoms with Crippen LogP contribution in [0.5, 0.6) is 6.01 Å². The van der Waals surface area contributed by atoms with Gasteiger partial charge in [-0.2, -0.15) is 15.0 Å². The number of anilines is 2. The molecule has 0 aliphatic heterocycles. The molecule has 3 N–H and O–H groups in total. The van der Waals surface area contributed by atoms with Crippen LogP contribution in [0.1, 0.15) is 34.6 Å². The summed E-state index contributed by atoms with van der Waals surface area (Å²) in [6.45, 7) is 10.5. The van der Waals surface area contributed by atoms with Gasteiger partial charge in [-0.15, -0.1) is 0 Å². The summed E-state index contributed by atoms with van der Waals surface area (Å²) in [5, 5.41) is 15.5. The van der Waals surface area contributed by atoms with Crippen LogP contribution in [0.2, 0.25) is 0 Å². The lowest BCUT2D eigenvalue weighted by Gasteiger charge is -2.20. The Bertz CT molecular complexity index is 412. The van der Waals surface area contributed by atoms with E-state index in [9.17, 15) is 5.11 Å². The summed E-state index contributed by atoms with van der Waals surface area (Å²) in [4.78, 5) is 12.7. The molecular formula is C13H25N5O2. The molecule has 7 heteroatoms. The molecule has 0 bridgehead atoms. The molecule has 1 aromatic heterocycles. The van der Waals surface area contributed by atoms with Crippen molar-refractivity contribution in [3.8, 4) is 6.01 Å². The molecule has 0 aromatic carbocycles. The highest BCUT2D eigenvalue weighted by molar-refractivity contribution is 5.36. The van der Waals surface area contributed by atoms with E-state index in [0.717, 1.165) is 0 Å². The molecule has 0 aliphatic carbocycles. The van der Waals surface area contributed by atoms with Gasteiger partial charge in [-0.1, -0.05) is 13.8 Å². The number of rotatable bonds is 8. The van der Waals surface area contributed by atoms with Gasteiger partial charge in [0, 0.05) is 6.54 Å². The van der Waals surface area contributed by atoms with Crippen molar-refractivity contribution in [2.45, 2.75) is 46.8 Å². The minimum Gasteiger partial charge on any atom is -0.461 e. The van der Waals surface area contributed by atoms with Crippen molar-refractivity contribution in [3.63, 3.8) is 0 Å². The molecule has 0 saturated heterocycles. The SMILES string of the molecule is CCNc1nc(N[C@H](CO)C(C)C)nc(OC(C)C)n1. The van der Waals surface area contributed by atoms with Crippen LogP contribution in [0, 0.1) is 5.92 Å². The number of aliphatic hydroxyl groups excluding tert-OH is 1. The van der Waals surface area contributed by atoms with Gasteiger partial charge in [0.1, 0.15) is 0 Å². The summed E-state index contributed by atoms with van der Waals surface area (Å²) >= 11 is 0. The van der Waals surface area contributed by atoms with Crippen LogP contribution >= 0.6 is 0 Å². The van der Waals surface area contributed by atoms with Gasteiger partial charge in [0.25, 0.3) is 0 Å². The molecule has 1 atom stereocenters. The van der Waals surface area contributed by atoms with E-state index in [1.54, 1.807) is 0 Å². The van der Waals surface area contributed by atoms with Crippen LogP contribution in [0.25, 0.3) is 0 Å². The molecule has 114 valence electrons. The number of hydrogen-bond donors (Lipinski definition) is 3. The van der Waals surface area contributed by atoms with Crippen molar-refractivity contribution >= 4 is 11.9 Å². The molecule has 0 unspecified atom stereocenters. The first-order valence-electron chi connectivity index (χ1n) is 7.00. The average Bonchev–Trinajstić information content (AvgIpc) is 2.34. The molecule has 0 fully saturated rings. The highest BCUT2D eigenvalue weighted by Gasteiger charge is 2.15. The van der Waals surface area contributed by atoms with Crippen molar-refractivity contribution in [3.05, 3.63) is 0 Å². The van der Waals surface area contributed by atoms with E-state index >= 15 is 0 Å². The lowest BCUT2D eigenvalue weighted by Crippen LogP contribution is -2.30. The first kappa shape index (κ1) is 16.4. The fourth-order valence-corrected chi connectivity index (χ4v) is 1.51. The lowest BCUT2D eigenvalue weighted by molar-refractivity contribution is 0.221. The van der Waals surface area contributed by atoms with E-state index in [1.165, 1.54) is 0 Å². The van der Waals surface area contributed by atoms with Gasteiger partial charge < -0.3 is 20.5 Å². The number of hydrogen-bond acceptors (Lipinski definition) is 7. The van der Waals surface area contributed by atoms with Gasteiger partial charge >= 0.3 is 6.01 Å². The maximum absolute atomic E-state index is 9.36. The molecule has 20 heavy (non-hydrogen) atoms. The molecule has 0 amide bonds. The molecule has 0 saturated carbocycles. The highest BCUT2D eigenvalue weighted by Crippen LogP contribution is 2.15. The van der Waals surface area contributed by atoms with Crippen molar-refractivity contribution in [2.24, 2.45) is 5.92 Å². The highest BCUT2D eigenvalue weighted by atomic mass is 16.5. The van der Waals surface area contributed by atoms with E-state index in [-0.39, 0.29) is 30.7 Å². The summed E-state index contributed by atoms with van der Waals surface area (Å²) in [6, 6.07) is 0.160. The first-order chi connectivity index (χ1) is 9.46. The van der Waals surface area contributed by atoms with E-state index in [0.29, 0.717) is 18.4 Å². The molecule has 0 spiro atoms. The number of ether oxygens (including phenoxy) is 1. The summed E-state index contributed by atoms with van der Waals surface area (Å²) < 4.78 is 5.51. The Labute approximate surface area is 120 Å². The molecule has 1 aromatic rings. The fraction of sp³-hybridized carbons (Fsp3) is 0.769. The second-order valence-electron chi connectivity index (χ2n) is 5.14. The van der Waals surface area contributed by atoms with Crippen LogP contribution < -0.4 is 15.4 Å². The van der Waals surface area contributed by atoms with E-state index in [2.05, 4.69) is 25.6 Å². The lowest BCUT2D eigenvalue weighted by atomic mass is 10.1. The van der Waals surface area contributed by atoms with Gasteiger partial charge in [-0.25, -0.2) is 0 Å². The predicted octanol–water partition coefficient (Wildman–Crippen LogP) is 1.52. The number of nitrogens with one attached hydrogen (secondary N) is 2. The van der Waals surface area contributed by atoms with Gasteiger partial charge in [-0.3, -0.25) is 0 Å². The Morgan fingerprint density at radius 1 is 1.10 bits per heavy atom. The number of nitrogens with zero attached hydrogens (tertiary/aromatic N) is 3. The van der Waals surface area contributed by atoms with Crippen LogP contribution in [0.15, 0.2) is 0 Å². The fourth-order valence-electron chi connectivity index (χ4n) is 1.51. The minimum absolute atomic E-state index is 0.0141. The van der Waals surface area contributed by atoms with E-state index < -0.39 is 0 Å². The standard InChI is InChI=1S/C13H25N5O2/c1-6-14-11-16-12(15-10(7-19)8(2)3)18-13(17-11)20-9(4)5/h8-10,19H,6-7H2,1-5H3,(H2,14,15,16,17,18)/t10-/m1/s1. The molecule has 7 nitrogen and oxygen atoms in total. The van der Waals surface area contributed by atoms with Crippen LogP contribution in [-0.4, -0.2) is 45.4 Å².